The Bertz CT molecular complexity index is 1400. The Kier molecular flexibility index (Phi) is 7.70. The summed E-state index contributed by atoms with van der Waals surface area (Å²) in [6.45, 7) is 3.11. The molecule has 1 amide bonds. The van der Waals surface area contributed by atoms with Crippen LogP contribution in [0.5, 0.6) is 11.5 Å². The Hall–Kier alpha value is -4.17. The van der Waals surface area contributed by atoms with Gasteiger partial charge in [0, 0.05) is 44.0 Å². The van der Waals surface area contributed by atoms with Gasteiger partial charge in [-0.15, -0.1) is 0 Å². The summed E-state index contributed by atoms with van der Waals surface area (Å²) >= 11 is 0. The highest BCUT2D eigenvalue weighted by Crippen LogP contribution is 2.35. The minimum absolute atomic E-state index is 0.0965. The number of hydrogen-bond donors (Lipinski definition) is 1. The maximum Gasteiger partial charge on any atom is 0.246 e. The molecule has 3 heterocycles. The Morgan fingerprint density at radius 1 is 1.05 bits per heavy atom. The van der Waals surface area contributed by atoms with E-state index < -0.39 is 0 Å². The zero-order chi connectivity index (χ0) is 26.5. The van der Waals surface area contributed by atoms with Gasteiger partial charge in [-0.1, -0.05) is 36.4 Å². The normalized spacial score (nSPS) is 14.6. The van der Waals surface area contributed by atoms with E-state index in [1.807, 2.05) is 84.6 Å². The Labute approximate surface area is 223 Å². The number of anilines is 1. The standard InChI is InChI=1S/C30H34N6O2/c1-34(2)16-6-9-27(37)35-17-14-22(15-18-35)19-36-20-26(28-29(31)32-21-33-30(28)36)23-10-12-25(13-11-23)38-24-7-4-3-5-8-24/h3-13,20-22H,14-19H2,1-2H3,(H2,31,32,33)/b9-6+. The van der Waals surface area contributed by atoms with E-state index in [0.717, 1.165) is 72.7 Å². The van der Waals surface area contributed by atoms with Crippen molar-refractivity contribution in [3.63, 3.8) is 0 Å². The van der Waals surface area contributed by atoms with Crippen molar-refractivity contribution in [2.75, 3.05) is 39.5 Å². The van der Waals surface area contributed by atoms with Crippen molar-refractivity contribution in [2.24, 2.45) is 5.92 Å². The van der Waals surface area contributed by atoms with Gasteiger partial charge >= 0.3 is 0 Å². The van der Waals surface area contributed by atoms with Crippen molar-refractivity contribution in [3.8, 4) is 22.6 Å². The molecular weight excluding hydrogens is 476 g/mol. The van der Waals surface area contributed by atoms with E-state index in [2.05, 4.69) is 20.7 Å². The first kappa shape index (κ1) is 25.5. The molecule has 0 saturated carbocycles. The number of aromatic nitrogens is 3. The van der Waals surface area contributed by atoms with E-state index in [-0.39, 0.29) is 5.91 Å². The molecule has 1 aliphatic rings. The topological polar surface area (TPSA) is 89.5 Å². The lowest BCUT2D eigenvalue weighted by molar-refractivity contribution is -0.127. The van der Waals surface area contributed by atoms with Crippen LogP contribution in [0, 0.1) is 5.92 Å². The maximum absolute atomic E-state index is 12.5. The molecule has 38 heavy (non-hydrogen) atoms. The summed E-state index contributed by atoms with van der Waals surface area (Å²) in [5.41, 5.74) is 9.21. The average Bonchev–Trinajstić information content (AvgIpc) is 3.29. The van der Waals surface area contributed by atoms with E-state index in [4.69, 9.17) is 10.5 Å². The van der Waals surface area contributed by atoms with Gasteiger partial charge in [-0.2, -0.15) is 0 Å². The van der Waals surface area contributed by atoms with Crippen LogP contribution in [-0.2, 0) is 11.3 Å². The molecule has 1 fully saturated rings. The number of nitrogens with zero attached hydrogens (tertiary/aromatic N) is 5. The van der Waals surface area contributed by atoms with Gasteiger partial charge < -0.3 is 24.8 Å². The second-order valence-corrected chi connectivity index (χ2v) is 10.0. The third-order valence-electron chi connectivity index (χ3n) is 6.94. The molecule has 8 heteroatoms. The SMILES string of the molecule is CN(C)C/C=C/C(=O)N1CCC(Cn2cc(-c3ccc(Oc4ccccc4)cc3)c3c(N)ncnc32)CC1. The molecule has 2 aromatic heterocycles. The first-order valence-electron chi connectivity index (χ1n) is 13.0. The molecule has 0 unspecified atom stereocenters. The fourth-order valence-electron chi connectivity index (χ4n) is 4.92. The minimum Gasteiger partial charge on any atom is -0.457 e. The number of nitrogens with two attached hydrogens (primary N) is 1. The number of ether oxygens (including phenoxy) is 1. The van der Waals surface area contributed by atoms with Crippen LogP contribution >= 0.6 is 0 Å². The molecule has 8 nitrogen and oxygen atoms in total. The largest absolute Gasteiger partial charge is 0.457 e. The van der Waals surface area contributed by atoms with Gasteiger partial charge in [0.2, 0.25) is 5.91 Å². The number of likely N-dealkylation sites (N-methyl/N-ethyl adjacent to an activating group) is 1. The molecule has 5 rings (SSSR count). The van der Waals surface area contributed by atoms with E-state index in [1.54, 1.807) is 6.08 Å². The number of rotatable bonds is 8. The van der Waals surface area contributed by atoms with Crippen LogP contribution in [0.15, 0.2) is 79.3 Å². The van der Waals surface area contributed by atoms with Crippen molar-refractivity contribution in [3.05, 3.63) is 79.3 Å². The molecule has 4 aromatic rings. The van der Waals surface area contributed by atoms with Gasteiger partial charge in [0.1, 0.15) is 29.3 Å². The predicted octanol–water partition coefficient (Wildman–Crippen LogP) is 4.83. The van der Waals surface area contributed by atoms with Gasteiger partial charge in [0.05, 0.1) is 5.39 Å². The third kappa shape index (κ3) is 5.86. The van der Waals surface area contributed by atoms with Crippen molar-refractivity contribution in [1.29, 1.82) is 0 Å². The number of carbonyl (C=O) groups is 1. The number of para-hydroxylation sites is 1. The van der Waals surface area contributed by atoms with Gasteiger partial charge in [0.15, 0.2) is 0 Å². The van der Waals surface area contributed by atoms with Crippen LogP contribution in [0.4, 0.5) is 5.82 Å². The Morgan fingerprint density at radius 2 is 1.76 bits per heavy atom. The third-order valence-corrected chi connectivity index (χ3v) is 6.94. The first-order chi connectivity index (χ1) is 18.5. The van der Waals surface area contributed by atoms with Crippen molar-refractivity contribution in [2.45, 2.75) is 19.4 Å². The zero-order valence-corrected chi connectivity index (χ0v) is 22.0. The number of nitrogen functional groups attached to an aromatic ring is 1. The fourth-order valence-corrected chi connectivity index (χ4v) is 4.92. The number of piperidine rings is 1. The van der Waals surface area contributed by atoms with Crippen LogP contribution in [0.3, 0.4) is 0 Å². The monoisotopic (exact) mass is 510 g/mol. The molecule has 1 aliphatic heterocycles. The van der Waals surface area contributed by atoms with Crippen molar-refractivity contribution >= 4 is 22.8 Å². The number of benzene rings is 2. The van der Waals surface area contributed by atoms with Crippen LogP contribution in [0.1, 0.15) is 12.8 Å². The lowest BCUT2D eigenvalue weighted by Crippen LogP contribution is -2.38. The molecule has 2 aromatic carbocycles. The van der Waals surface area contributed by atoms with Crippen LogP contribution in [-0.4, -0.2) is 64.0 Å². The smallest absolute Gasteiger partial charge is 0.246 e. The number of amides is 1. The first-order valence-corrected chi connectivity index (χ1v) is 13.0. The fraction of sp³-hybridized carbons (Fsp3) is 0.300. The van der Waals surface area contributed by atoms with E-state index in [0.29, 0.717) is 11.7 Å². The van der Waals surface area contributed by atoms with Crippen molar-refractivity contribution < 1.29 is 9.53 Å². The number of hydrogen-bond acceptors (Lipinski definition) is 6. The summed E-state index contributed by atoms with van der Waals surface area (Å²) in [6, 6.07) is 17.7. The molecule has 0 radical (unpaired) electrons. The van der Waals surface area contributed by atoms with Gasteiger partial charge in [0.25, 0.3) is 0 Å². The molecule has 0 spiro atoms. The molecule has 196 valence electrons. The van der Waals surface area contributed by atoms with E-state index in [9.17, 15) is 4.79 Å². The van der Waals surface area contributed by atoms with Gasteiger partial charge in [-0.3, -0.25) is 4.79 Å². The van der Waals surface area contributed by atoms with Crippen LogP contribution in [0.25, 0.3) is 22.2 Å². The predicted molar refractivity (Wildman–Crippen MR) is 151 cm³/mol. The number of carbonyl (C=O) groups excluding carboxylic acids is 1. The van der Waals surface area contributed by atoms with Gasteiger partial charge in [-0.05, 0) is 62.7 Å². The van der Waals surface area contributed by atoms with E-state index >= 15 is 0 Å². The Morgan fingerprint density at radius 3 is 2.47 bits per heavy atom. The second kappa shape index (κ2) is 11.5. The number of likely N-dealkylation sites (tertiary alicyclic amines) is 1. The summed E-state index contributed by atoms with van der Waals surface area (Å²) in [5, 5.41) is 0.864. The highest BCUT2D eigenvalue weighted by Gasteiger charge is 2.24. The second-order valence-electron chi connectivity index (χ2n) is 10.0. The molecule has 0 aliphatic carbocycles. The summed E-state index contributed by atoms with van der Waals surface area (Å²) in [4.78, 5) is 25.4. The maximum atomic E-state index is 12.5. The van der Waals surface area contributed by atoms with Crippen LogP contribution in [0.2, 0.25) is 0 Å². The Balaban J connectivity index is 1.30. The molecule has 2 N–H and O–H groups in total. The van der Waals surface area contributed by atoms with Crippen molar-refractivity contribution in [1.82, 2.24) is 24.3 Å². The summed E-state index contributed by atoms with van der Waals surface area (Å²) < 4.78 is 8.15. The van der Waals surface area contributed by atoms with E-state index in [1.165, 1.54) is 6.33 Å². The molecule has 0 bridgehead atoms. The van der Waals surface area contributed by atoms with Gasteiger partial charge in [-0.25, -0.2) is 9.97 Å². The minimum atomic E-state index is 0.0965. The van der Waals surface area contributed by atoms with Crippen LogP contribution < -0.4 is 10.5 Å². The summed E-state index contributed by atoms with van der Waals surface area (Å²) in [6.07, 6.45) is 9.18. The quantitative estimate of drug-likeness (QED) is 0.342. The summed E-state index contributed by atoms with van der Waals surface area (Å²) in [7, 11) is 3.98. The number of fused-ring (bicyclic) bond motifs is 1. The average molecular weight is 511 g/mol. The molecule has 1 saturated heterocycles. The lowest BCUT2D eigenvalue weighted by atomic mass is 9.96. The summed E-state index contributed by atoms with van der Waals surface area (Å²) in [5.74, 6) is 2.58. The molecule has 0 atom stereocenters. The highest BCUT2D eigenvalue weighted by atomic mass is 16.5. The highest BCUT2D eigenvalue weighted by molar-refractivity contribution is 6.00. The zero-order valence-electron chi connectivity index (χ0n) is 22.0. The molecular formula is C30H34N6O2. The lowest BCUT2D eigenvalue weighted by Gasteiger charge is -2.31.